The molecular weight excluding hydrogens is 209 g/mol. The Kier molecular flexibility index (Phi) is 6.87. The Hall–Kier alpha value is -0.330. The molecule has 1 atom stereocenters. The molecule has 0 aliphatic heterocycles. The maximum atomic E-state index is 12.2. The van der Waals surface area contributed by atoms with Crippen LogP contribution in [0.4, 0.5) is 13.2 Å². The van der Waals surface area contributed by atoms with Crippen molar-refractivity contribution in [3.05, 3.63) is 0 Å². The van der Waals surface area contributed by atoms with Gasteiger partial charge in [-0.15, -0.1) is 0 Å². The van der Waals surface area contributed by atoms with Gasteiger partial charge in [0, 0.05) is 12.6 Å². The van der Waals surface area contributed by atoms with Gasteiger partial charge in [0.05, 0.1) is 13.2 Å². The summed E-state index contributed by atoms with van der Waals surface area (Å²) in [5.74, 6) is 0. The summed E-state index contributed by atoms with van der Waals surface area (Å²) < 4.78 is 36.6. The van der Waals surface area contributed by atoms with E-state index in [9.17, 15) is 13.2 Å². The molecule has 0 saturated carbocycles. The van der Waals surface area contributed by atoms with Gasteiger partial charge in [0.15, 0.2) is 0 Å². The van der Waals surface area contributed by atoms with Gasteiger partial charge in [-0.2, -0.15) is 13.2 Å². The molecule has 15 heavy (non-hydrogen) atoms. The van der Waals surface area contributed by atoms with Crippen molar-refractivity contribution in [1.82, 2.24) is 4.90 Å². The van der Waals surface area contributed by atoms with E-state index < -0.39 is 12.7 Å². The first-order valence-corrected chi connectivity index (χ1v) is 5.06. The predicted octanol–water partition coefficient (Wildman–Crippen LogP) is 0.970. The second kappa shape index (κ2) is 7.03. The van der Waals surface area contributed by atoms with Gasteiger partial charge < -0.3 is 10.8 Å². The summed E-state index contributed by atoms with van der Waals surface area (Å²) in [6, 6.07) is -0.205. The molecule has 0 spiro atoms. The van der Waals surface area contributed by atoms with Crippen molar-refractivity contribution in [2.45, 2.75) is 32.0 Å². The van der Waals surface area contributed by atoms with Crippen molar-refractivity contribution in [2.75, 3.05) is 26.2 Å². The van der Waals surface area contributed by atoms with Crippen molar-refractivity contribution in [3.8, 4) is 0 Å². The zero-order valence-corrected chi connectivity index (χ0v) is 8.93. The van der Waals surface area contributed by atoms with E-state index in [4.69, 9.17) is 10.8 Å². The van der Waals surface area contributed by atoms with E-state index in [1.54, 1.807) is 0 Å². The van der Waals surface area contributed by atoms with Crippen LogP contribution in [0.3, 0.4) is 0 Å². The van der Waals surface area contributed by atoms with Crippen molar-refractivity contribution in [1.29, 1.82) is 0 Å². The molecule has 0 bridgehead atoms. The Bertz CT molecular complexity index is 164. The summed E-state index contributed by atoms with van der Waals surface area (Å²) >= 11 is 0. The molecule has 0 aliphatic carbocycles. The van der Waals surface area contributed by atoms with Crippen LogP contribution < -0.4 is 5.73 Å². The Morgan fingerprint density at radius 1 is 1.40 bits per heavy atom. The van der Waals surface area contributed by atoms with Crippen LogP contribution in [0.2, 0.25) is 0 Å². The van der Waals surface area contributed by atoms with Crippen molar-refractivity contribution < 1.29 is 18.3 Å². The first kappa shape index (κ1) is 14.7. The zero-order chi connectivity index (χ0) is 11.9. The molecule has 0 aromatic heterocycles. The summed E-state index contributed by atoms with van der Waals surface area (Å²) in [6.07, 6.45) is -3.10. The Morgan fingerprint density at radius 2 is 2.00 bits per heavy atom. The van der Waals surface area contributed by atoms with Crippen LogP contribution in [-0.4, -0.2) is 48.5 Å². The molecular formula is C9H19F3N2O. The number of aliphatic hydroxyl groups is 1. The lowest BCUT2D eigenvalue weighted by Gasteiger charge is -2.30. The molecule has 0 rings (SSSR count). The maximum Gasteiger partial charge on any atom is 0.401 e. The number of nitrogens with zero attached hydrogens (tertiary/aromatic N) is 1. The average Bonchev–Trinajstić information content (AvgIpc) is 2.11. The SMILES string of the molecule is CCC(CCN)N(CCO)CC(F)(F)F. The molecule has 0 radical (unpaired) electrons. The van der Waals surface area contributed by atoms with Gasteiger partial charge in [0.2, 0.25) is 0 Å². The quantitative estimate of drug-likeness (QED) is 0.682. The largest absolute Gasteiger partial charge is 0.401 e. The third-order valence-corrected chi connectivity index (χ3v) is 2.26. The number of aliphatic hydroxyl groups excluding tert-OH is 1. The smallest absolute Gasteiger partial charge is 0.395 e. The van der Waals surface area contributed by atoms with Crippen LogP contribution in [0.25, 0.3) is 0 Å². The average molecular weight is 228 g/mol. The fourth-order valence-electron chi connectivity index (χ4n) is 1.59. The van der Waals surface area contributed by atoms with Gasteiger partial charge >= 0.3 is 6.18 Å². The third kappa shape index (κ3) is 6.70. The minimum absolute atomic E-state index is 0.0397. The summed E-state index contributed by atoms with van der Waals surface area (Å²) in [5, 5.41) is 8.71. The standard InChI is InChI=1S/C9H19F3N2O/c1-2-8(3-4-13)14(5-6-15)7-9(10,11)12/h8,15H,2-7,13H2,1H3. The summed E-state index contributed by atoms with van der Waals surface area (Å²) in [7, 11) is 0. The van der Waals surface area contributed by atoms with E-state index >= 15 is 0 Å². The summed E-state index contributed by atoms with van der Waals surface area (Å²) in [5.41, 5.74) is 5.33. The number of nitrogens with two attached hydrogens (primary N) is 1. The number of alkyl halides is 3. The number of halogens is 3. The highest BCUT2D eigenvalue weighted by Gasteiger charge is 2.32. The van der Waals surface area contributed by atoms with Crippen molar-refractivity contribution in [3.63, 3.8) is 0 Å². The first-order valence-electron chi connectivity index (χ1n) is 5.06. The molecule has 0 fully saturated rings. The molecule has 6 heteroatoms. The predicted molar refractivity (Wildman–Crippen MR) is 52.5 cm³/mol. The van der Waals surface area contributed by atoms with E-state index in [-0.39, 0.29) is 19.2 Å². The molecule has 1 unspecified atom stereocenters. The normalized spacial score (nSPS) is 14.6. The van der Waals surface area contributed by atoms with Gasteiger partial charge in [-0.3, -0.25) is 4.90 Å². The highest BCUT2D eigenvalue weighted by atomic mass is 19.4. The maximum absolute atomic E-state index is 12.2. The molecule has 0 aliphatic rings. The fraction of sp³-hybridized carbons (Fsp3) is 1.00. The molecule has 0 heterocycles. The lowest BCUT2D eigenvalue weighted by Crippen LogP contribution is -2.44. The Morgan fingerprint density at radius 3 is 2.33 bits per heavy atom. The monoisotopic (exact) mass is 228 g/mol. The van der Waals surface area contributed by atoms with E-state index in [1.165, 1.54) is 4.90 Å². The molecule has 3 N–H and O–H groups in total. The van der Waals surface area contributed by atoms with E-state index in [1.807, 2.05) is 6.92 Å². The van der Waals surface area contributed by atoms with Crippen LogP contribution in [-0.2, 0) is 0 Å². The minimum Gasteiger partial charge on any atom is -0.395 e. The molecule has 0 saturated heterocycles. The van der Waals surface area contributed by atoms with Gasteiger partial charge in [0.25, 0.3) is 0 Å². The molecule has 92 valence electrons. The lowest BCUT2D eigenvalue weighted by atomic mass is 10.1. The van der Waals surface area contributed by atoms with Gasteiger partial charge in [0.1, 0.15) is 0 Å². The first-order chi connectivity index (χ1) is 6.94. The molecule has 0 amide bonds. The van der Waals surface area contributed by atoms with Crippen LogP contribution in [0.5, 0.6) is 0 Å². The van der Waals surface area contributed by atoms with E-state index in [2.05, 4.69) is 0 Å². The minimum atomic E-state index is -4.23. The molecule has 3 nitrogen and oxygen atoms in total. The van der Waals surface area contributed by atoms with Crippen LogP contribution >= 0.6 is 0 Å². The molecule has 0 aromatic rings. The molecule has 0 aromatic carbocycles. The Labute approximate surface area is 88.0 Å². The van der Waals surface area contributed by atoms with Gasteiger partial charge in [-0.05, 0) is 19.4 Å². The topological polar surface area (TPSA) is 49.5 Å². The highest BCUT2D eigenvalue weighted by Crippen LogP contribution is 2.19. The fourth-order valence-corrected chi connectivity index (χ4v) is 1.59. The summed E-state index contributed by atoms with van der Waals surface area (Å²) in [6.45, 7) is 0.973. The Balaban J connectivity index is 4.33. The van der Waals surface area contributed by atoms with E-state index in [0.29, 0.717) is 19.4 Å². The zero-order valence-electron chi connectivity index (χ0n) is 8.93. The number of rotatable bonds is 7. The van der Waals surface area contributed by atoms with Crippen LogP contribution in [0.15, 0.2) is 0 Å². The highest BCUT2D eigenvalue weighted by molar-refractivity contribution is 4.73. The van der Waals surface area contributed by atoms with E-state index in [0.717, 1.165) is 0 Å². The van der Waals surface area contributed by atoms with Crippen LogP contribution in [0, 0.1) is 0 Å². The van der Waals surface area contributed by atoms with Crippen molar-refractivity contribution >= 4 is 0 Å². The lowest BCUT2D eigenvalue weighted by molar-refractivity contribution is -0.152. The number of hydrogen-bond donors (Lipinski definition) is 2. The second-order valence-corrected chi connectivity index (χ2v) is 3.45. The van der Waals surface area contributed by atoms with Gasteiger partial charge in [-0.1, -0.05) is 6.92 Å². The van der Waals surface area contributed by atoms with Gasteiger partial charge in [-0.25, -0.2) is 0 Å². The van der Waals surface area contributed by atoms with Crippen LogP contribution in [0.1, 0.15) is 19.8 Å². The van der Waals surface area contributed by atoms with Crippen molar-refractivity contribution in [2.24, 2.45) is 5.73 Å². The number of hydrogen-bond acceptors (Lipinski definition) is 3. The summed E-state index contributed by atoms with van der Waals surface area (Å²) in [4.78, 5) is 1.24. The third-order valence-electron chi connectivity index (χ3n) is 2.26. The second-order valence-electron chi connectivity index (χ2n) is 3.45.